The first-order valence-electron chi connectivity index (χ1n) is 7.98. The van der Waals surface area contributed by atoms with Crippen molar-refractivity contribution in [3.63, 3.8) is 0 Å². The number of nitrogens with zero attached hydrogens (tertiary/aromatic N) is 2. The van der Waals surface area contributed by atoms with Crippen LogP contribution in [0.4, 0.5) is 11.6 Å². The molecule has 1 saturated heterocycles. The Hall–Kier alpha value is -0.970. The summed E-state index contributed by atoms with van der Waals surface area (Å²) in [5, 5.41) is 7.61. The predicted octanol–water partition coefficient (Wildman–Crippen LogP) is 3.90. The van der Waals surface area contributed by atoms with Crippen molar-refractivity contribution in [2.75, 3.05) is 29.5 Å². The van der Waals surface area contributed by atoms with Gasteiger partial charge < -0.3 is 10.6 Å². The van der Waals surface area contributed by atoms with Crippen molar-refractivity contribution in [3.05, 3.63) is 11.9 Å². The number of nitrogens with one attached hydrogen (secondary N) is 2. The Balaban J connectivity index is 2.09. The molecule has 2 rings (SSSR count). The fourth-order valence-corrected chi connectivity index (χ4v) is 3.44. The molecule has 0 saturated carbocycles. The number of hydrogen-bond donors (Lipinski definition) is 2. The van der Waals surface area contributed by atoms with E-state index in [9.17, 15) is 0 Å². The van der Waals surface area contributed by atoms with Crippen LogP contribution in [0, 0.1) is 0 Å². The van der Waals surface area contributed by atoms with Gasteiger partial charge in [0.25, 0.3) is 0 Å². The highest BCUT2D eigenvalue weighted by molar-refractivity contribution is 8.00. The van der Waals surface area contributed by atoms with Crippen LogP contribution in [0.2, 0.25) is 0 Å². The molecule has 4 nitrogen and oxygen atoms in total. The zero-order chi connectivity index (χ0) is 15.3. The molecular weight excluding hydrogens is 280 g/mol. The fourth-order valence-electron chi connectivity index (χ4n) is 2.24. The van der Waals surface area contributed by atoms with Crippen LogP contribution in [-0.4, -0.2) is 34.1 Å². The van der Waals surface area contributed by atoms with E-state index in [-0.39, 0.29) is 5.41 Å². The molecule has 1 aliphatic heterocycles. The van der Waals surface area contributed by atoms with Crippen LogP contribution in [0.15, 0.2) is 6.07 Å². The van der Waals surface area contributed by atoms with Crippen molar-refractivity contribution in [1.29, 1.82) is 0 Å². The summed E-state index contributed by atoms with van der Waals surface area (Å²) in [5.74, 6) is 4.07. The van der Waals surface area contributed by atoms with E-state index in [0.717, 1.165) is 42.2 Å². The van der Waals surface area contributed by atoms with Crippen molar-refractivity contribution in [2.45, 2.75) is 57.6 Å². The maximum absolute atomic E-state index is 4.70. The third kappa shape index (κ3) is 5.06. The van der Waals surface area contributed by atoms with E-state index < -0.39 is 0 Å². The number of aromatic nitrogens is 2. The molecule has 0 aliphatic carbocycles. The van der Waals surface area contributed by atoms with Gasteiger partial charge in [0.15, 0.2) is 0 Å². The summed E-state index contributed by atoms with van der Waals surface area (Å²) in [6.07, 6.45) is 3.75. The van der Waals surface area contributed by atoms with Crippen molar-refractivity contribution in [2.24, 2.45) is 0 Å². The Morgan fingerprint density at radius 2 is 1.95 bits per heavy atom. The van der Waals surface area contributed by atoms with Crippen LogP contribution < -0.4 is 10.6 Å². The van der Waals surface area contributed by atoms with Crippen LogP contribution in [0.3, 0.4) is 0 Å². The molecule has 21 heavy (non-hydrogen) atoms. The van der Waals surface area contributed by atoms with E-state index in [1.807, 2.05) is 6.07 Å². The van der Waals surface area contributed by atoms with E-state index in [0.29, 0.717) is 0 Å². The van der Waals surface area contributed by atoms with E-state index in [4.69, 9.17) is 4.98 Å². The van der Waals surface area contributed by atoms with Crippen molar-refractivity contribution in [3.8, 4) is 0 Å². The molecule has 1 atom stereocenters. The van der Waals surface area contributed by atoms with E-state index in [1.54, 1.807) is 0 Å². The monoisotopic (exact) mass is 308 g/mol. The molecule has 0 radical (unpaired) electrons. The molecular formula is C16H28N4S. The van der Waals surface area contributed by atoms with Crippen LogP contribution in [0.5, 0.6) is 0 Å². The Labute approximate surface area is 132 Å². The van der Waals surface area contributed by atoms with E-state index >= 15 is 0 Å². The quantitative estimate of drug-likeness (QED) is 0.834. The molecule has 1 fully saturated rings. The molecule has 1 unspecified atom stereocenters. The zero-order valence-electron chi connectivity index (χ0n) is 13.7. The van der Waals surface area contributed by atoms with Gasteiger partial charge in [0.05, 0.1) is 0 Å². The van der Waals surface area contributed by atoms with Gasteiger partial charge in [-0.1, -0.05) is 27.7 Å². The molecule has 1 aromatic rings. The van der Waals surface area contributed by atoms with E-state index in [1.165, 1.54) is 18.6 Å². The zero-order valence-corrected chi connectivity index (χ0v) is 14.5. The minimum Gasteiger partial charge on any atom is -0.370 e. The number of anilines is 2. The molecule has 2 N–H and O–H groups in total. The van der Waals surface area contributed by atoms with Crippen molar-refractivity contribution < 1.29 is 0 Å². The largest absolute Gasteiger partial charge is 0.370 e. The molecule has 1 aliphatic rings. The first-order chi connectivity index (χ1) is 9.99. The van der Waals surface area contributed by atoms with Crippen LogP contribution in [0.25, 0.3) is 0 Å². The lowest BCUT2D eigenvalue weighted by Crippen LogP contribution is -2.20. The second-order valence-electron chi connectivity index (χ2n) is 6.65. The standard InChI is InChI=1S/C16H28N4S/c1-5-8-17-13-10-14(18-11-12-7-6-9-21-12)20-15(19-13)16(2,3)4/h10,12H,5-9,11H2,1-4H3,(H2,17,18,19,20). The maximum Gasteiger partial charge on any atom is 0.138 e. The Kier molecular flexibility index (Phi) is 5.73. The van der Waals surface area contributed by atoms with Gasteiger partial charge in [-0.3, -0.25) is 0 Å². The highest BCUT2D eigenvalue weighted by atomic mass is 32.2. The fraction of sp³-hybridized carbons (Fsp3) is 0.750. The molecule has 5 heteroatoms. The lowest BCUT2D eigenvalue weighted by atomic mass is 9.96. The highest BCUT2D eigenvalue weighted by Gasteiger charge is 2.20. The summed E-state index contributed by atoms with van der Waals surface area (Å²) in [6.45, 7) is 10.6. The summed E-state index contributed by atoms with van der Waals surface area (Å²) in [7, 11) is 0. The van der Waals surface area contributed by atoms with Gasteiger partial charge in [-0.25, -0.2) is 9.97 Å². The summed E-state index contributed by atoms with van der Waals surface area (Å²) < 4.78 is 0. The minimum absolute atomic E-state index is 0.0392. The second-order valence-corrected chi connectivity index (χ2v) is 8.06. The third-order valence-corrected chi connectivity index (χ3v) is 4.89. The smallest absolute Gasteiger partial charge is 0.138 e. The van der Waals surface area contributed by atoms with Gasteiger partial charge >= 0.3 is 0 Å². The van der Waals surface area contributed by atoms with Gasteiger partial charge in [-0.15, -0.1) is 0 Å². The summed E-state index contributed by atoms with van der Waals surface area (Å²) in [4.78, 5) is 9.36. The second kappa shape index (κ2) is 7.34. The summed E-state index contributed by atoms with van der Waals surface area (Å²) >= 11 is 2.07. The Morgan fingerprint density at radius 1 is 1.24 bits per heavy atom. The maximum atomic E-state index is 4.70. The Morgan fingerprint density at radius 3 is 2.52 bits per heavy atom. The van der Waals surface area contributed by atoms with E-state index in [2.05, 4.69) is 55.1 Å². The van der Waals surface area contributed by atoms with Crippen LogP contribution in [0.1, 0.15) is 52.8 Å². The number of hydrogen-bond acceptors (Lipinski definition) is 5. The average molecular weight is 308 g/mol. The normalized spacial score (nSPS) is 18.8. The van der Waals surface area contributed by atoms with Crippen LogP contribution >= 0.6 is 11.8 Å². The third-order valence-electron chi connectivity index (χ3n) is 3.49. The first-order valence-corrected chi connectivity index (χ1v) is 9.03. The van der Waals surface area contributed by atoms with Gasteiger partial charge in [-0.05, 0) is 25.0 Å². The molecule has 0 bridgehead atoms. The molecule has 2 heterocycles. The topological polar surface area (TPSA) is 49.8 Å². The highest BCUT2D eigenvalue weighted by Crippen LogP contribution is 2.27. The summed E-state index contributed by atoms with van der Waals surface area (Å²) in [6, 6.07) is 2.03. The lowest BCUT2D eigenvalue weighted by Gasteiger charge is -2.20. The summed E-state index contributed by atoms with van der Waals surface area (Å²) in [5.41, 5.74) is -0.0392. The lowest BCUT2D eigenvalue weighted by molar-refractivity contribution is 0.546. The number of rotatable bonds is 6. The van der Waals surface area contributed by atoms with Crippen LogP contribution in [-0.2, 0) is 5.41 Å². The minimum atomic E-state index is -0.0392. The number of thioether (sulfide) groups is 1. The van der Waals surface area contributed by atoms with Gasteiger partial charge in [-0.2, -0.15) is 11.8 Å². The first kappa shape index (κ1) is 16.4. The molecule has 0 aromatic carbocycles. The molecule has 0 amide bonds. The predicted molar refractivity (Wildman–Crippen MR) is 93.5 cm³/mol. The van der Waals surface area contributed by atoms with Crippen molar-refractivity contribution >= 4 is 23.4 Å². The molecule has 118 valence electrons. The molecule has 1 aromatic heterocycles. The van der Waals surface area contributed by atoms with Gasteiger partial charge in [0, 0.05) is 29.8 Å². The Bertz CT molecular complexity index is 450. The van der Waals surface area contributed by atoms with Gasteiger partial charge in [0.2, 0.25) is 0 Å². The average Bonchev–Trinajstić information content (AvgIpc) is 2.95. The van der Waals surface area contributed by atoms with Gasteiger partial charge in [0.1, 0.15) is 17.5 Å². The van der Waals surface area contributed by atoms with Crippen molar-refractivity contribution in [1.82, 2.24) is 9.97 Å². The SMILES string of the molecule is CCCNc1cc(NCC2CCCS2)nc(C(C)(C)C)n1. The molecule has 0 spiro atoms.